The Bertz CT molecular complexity index is 1270. The summed E-state index contributed by atoms with van der Waals surface area (Å²) >= 11 is 12.3. The maximum atomic E-state index is 6.33. The van der Waals surface area contributed by atoms with Crippen molar-refractivity contribution >= 4 is 34.2 Å². The van der Waals surface area contributed by atoms with Gasteiger partial charge in [-0.25, -0.2) is 0 Å². The second-order valence-corrected chi connectivity index (χ2v) is 7.28. The summed E-state index contributed by atoms with van der Waals surface area (Å²) in [6.07, 6.45) is -0.633. The van der Waals surface area contributed by atoms with E-state index in [1.54, 1.807) is 30.3 Å². The number of halogens is 2. The van der Waals surface area contributed by atoms with Gasteiger partial charge < -0.3 is 4.74 Å². The summed E-state index contributed by atoms with van der Waals surface area (Å²) in [6, 6.07) is 20.1. The van der Waals surface area contributed by atoms with Gasteiger partial charge in [-0.05, 0) is 42.5 Å². The summed E-state index contributed by atoms with van der Waals surface area (Å²) in [5.41, 5.74) is 2.91. The van der Waals surface area contributed by atoms with Crippen LogP contribution in [0.15, 0.2) is 66.7 Å². The van der Waals surface area contributed by atoms with Crippen LogP contribution in [0, 0.1) is 0 Å². The molecule has 5 rings (SSSR count). The lowest BCUT2D eigenvalue weighted by atomic mass is 10.1. The topological polar surface area (TPSA) is 94.4 Å². The summed E-state index contributed by atoms with van der Waals surface area (Å²) in [4.78, 5) is 1.50. The van der Waals surface area contributed by atoms with E-state index in [1.165, 1.54) is 4.80 Å². The second-order valence-electron chi connectivity index (χ2n) is 6.41. The van der Waals surface area contributed by atoms with Crippen molar-refractivity contribution in [3.05, 3.63) is 88.2 Å². The highest BCUT2D eigenvalue weighted by molar-refractivity contribution is 6.31. The molecule has 148 valence electrons. The number of nitrogens with one attached hydrogen (secondary N) is 1. The maximum absolute atomic E-state index is 6.33. The molecule has 0 aliphatic carbocycles. The van der Waals surface area contributed by atoms with E-state index in [4.69, 9.17) is 27.9 Å². The van der Waals surface area contributed by atoms with Crippen LogP contribution in [0.5, 0.6) is 5.75 Å². The molecule has 0 radical (unpaired) electrons. The van der Waals surface area contributed by atoms with Gasteiger partial charge in [-0.2, -0.15) is 5.21 Å². The molecule has 8 nitrogen and oxygen atoms in total. The number of aromatic nitrogens is 7. The Hall–Kier alpha value is -3.49. The predicted molar refractivity (Wildman–Crippen MR) is 112 cm³/mol. The van der Waals surface area contributed by atoms with Crippen molar-refractivity contribution < 1.29 is 4.74 Å². The highest BCUT2D eigenvalue weighted by atomic mass is 35.5. The van der Waals surface area contributed by atoms with Crippen molar-refractivity contribution in [2.75, 3.05) is 0 Å². The Kier molecular flexibility index (Phi) is 4.78. The molecule has 10 heteroatoms. The molecule has 2 aromatic heterocycles. The van der Waals surface area contributed by atoms with Gasteiger partial charge in [-0.15, -0.1) is 25.2 Å². The lowest BCUT2D eigenvalue weighted by molar-refractivity contribution is 0.235. The van der Waals surface area contributed by atoms with Crippen LogP contribution >= 0.6 is 23.2 Å². The minimum Gasteiger partial charge on any atom is -0.475 e. The molecular formula is C20H13Cl2N7O. The third-order valence-corrected chi connectivity index (χ3v) is 4.92. The quantitative estimate of drug-likeness (QED) is 0.437. The molecule has 2 heterocycles. The number of hydrogen-bond donors (Lipinski definition) is 1. The minimum absolute atomic E-state index is 0.372. The van der Waals surface area contributed by atoms with Gasteiger partial charge in [0.25, 0.3) is 0 Å². The minimum atomic E-state index is -0.633. The van der Waals surface area contributed by atoms with Crippen LogP contribution in [-0.4, -0.2) is 35.6 Å². The zero-order chi connectivity index (χ0) is 20.5. The van der Waals surface area contributed by atoms with E-state index in [1.807, 2.05) is 36.4 Å². The monoisotopic (exact) mass is 437 g/mol. The fraction of sp³-hybridized carbons (Fsp3) is 0.0500. The molecular weight excluding hydrogens is 425 g/mol. The summed E-state index contributed by atoms with van der Waals surface area (Å²) in [6.45, 7) is 0. The number of rotatable bonds is 5. The summed E-state index contributed by atoms with van der Waals surface area (Å²) < 4.78 is 6.33. The molecule has 0 amide bonds. The van der Waals surface area contributed by atoms with Crippen LogP contribution in [0.1, 0.15) is 17.5 Å². The van der Waals surface area contributed by atoms with Gasteiger partial charge >= 0.3 is 0 Å². The van der Waals surface area contributed by atoms with Crippen molar-refractivity contribution in [1.82, 2.24) is 35.6 Å². The molecule has 30 heavy (non-hydrogen) atoms. The number of tetrazole rings is 1. The van der Waals surface area contributed by atoms with E-state index < -0.39 is 6.10 Å². The molecule has 0 saturated heterocycles. The Labute approximate surface area is 180 Å². The van der Waals surface area contributed by atoms with E-state index in [0.29, 0.717) is 27.3 Å². The molecule has 0 bridgehead atoms. The number of H-pyrrole nitrogens is 1. The lowest BCUT2D eigenvalue weighted by Crippen LogP contribution is -2.13. The second kappa shape index (κ2) is 7.74. The van der Waals surface area contributed by atoms with E-state index >= 15 is 0 Å². The molecule has 0 aliphatic rings. The first-order chi connectivity index (χ1) is 14.7. The Morgan fingerprint density at radius 3 is 2.23 bits per heavy atom. The molecule has 0 fully saturated rings. The predicted octanol–water partition coefficient (Wildman–Crippen LogP) is 4.41. The Morgan fingerprint density at radius 1 is 0.867 bits per heavy atom. The van der Waals surface area contributed by atoms with E-state index in [0.717, 1.165) is 16.6 Å². The van der Waals surface area contributed by atoms with E-state index in [-0.39, 0.29) is 0 Å². The highest BCUT2D eigenvalue weighted by Crippen LogP contribution is 2.32. The summed E-state index contributed by atoms with van der Waals surface area (Å²) in [5.74, 6) is 0.876. The average molecular weight is 438 g/mol. The number of aromatic amines is 1. The Morgan fingerprint density at radius 2 is 1.57 bits per heavy atom. The van der Waals surface area contributed by atoms with Crippen LogP contribution < -0.4 is 4.74 Å². The van der Waals surface area contributed by atoms with Crippen molar-refractivity contribution in [1.29, 1.82) is 0 Å². The molecule has 1 unspecified atom stereocenters. The number of fused-ring (bicyclic) bond motifs is 1. The molecule has 5 aromatic rings. The first-order valence-corrected chi connectivity index (χ1v) is 9.70. The summed E-state index contributed by atoms with van der Waals surface area (Å²) in [5, 5.41) is 24.5. The Balaban J connectivity index is 1.59. The zero-order valence-corrected chi connectivity index (χ0v) is 16.8. The molecule has 3 aromatic carbocycles. The third-order valence-electron chi connectivity index (χ3n) is 4.44. The van der Waals surface area contributed by atoms with Gasteiger partial charge in [0.2, 0.25) is 5.82 Å². The average Bonchev–Trinajstić information content (AvgIpc) is 3.43. The van der Waals surface area contributed by atoms with Gasteiger partial charge in [0.1, 0.15) is 22.5 Å². The first kappa shape index (κ1) is 18.5. The summed E-state index contributed by atoms with van der Waals surface area (Å²) in [7, 11) is 0. The van der Waals surface area contributed by atoms with Gasteiger partial charge in [0.15, 0.2) is 6.10 Å². The van der Waals surface area contributed by atoms with Crippen LogP contribution in [0.4, 0.5) is 0 Å². The van der Waals surface area contributed by atoms with Crippen LogP contribution in [0.3, 0.4) is 0 Å². The number of nitrogens with zero attached hydrogens (tertiary/aromatic N) is 6. The largest absolute Gasteiger partial charge is 0.475 e. The fourth-order valence-corrected chi connectivity index (χ4v) is 3.32. The van der Waals surface area contributed by atoms with Crippen molar-refractivity contribution in [3.63, 3.8) is 0 Å². The third kappa shape index (κ3) is 3.58. The maximum Gasteiger partial charge on any atom is 0.219 e. The van der Waals surface area contributed by atoms with Crippen molar-refractivity contribution in [2.24, 2.45) is 0 Å². The van der Waals surface area contributed by atoms with Crippen molar-refractivity contribution in [3.8, 4) is 11.4 Å². The number of benzene rings is 3. The van der Waals surface area contributed by atoms with Crippen LogP contribution in [-0.2, 0) is 0 Å². The van der Waals surface area contributed by atoms with E-state index in [2.05, 4.69) is 30.8 Å². The standard InChI is InChI=1S/C20H13Cl2N7O/c21-13-7-5-12(6-8-13)19(20-23-27-28-24-20)30-18-10-9-14(22)11-17(18)29-25-15-3-1-2-4-16(15)26-29/h1-11,19H,(H,23,24,27,28). The number of hydrogen-bond acceptors (Lipinski definition) is 6. The molecule has 0 spiro atoms. The molecule has 0 aliphatic heterocycles. The van der Waals surface area contributed by atoms with Gasteiger partial charge in [0, 0.05) is 15.6 Å². The highest BCUT2D eigenvalue weighted by Gasteiger charge is 2.23. The SMILES string of the molecule is Clc1ccc(C(Oc2ccc(Cl)cc2-n2nc3ccccc3n2)c2nn[nH]n2)cc1. The van der Waals surface area contributed by atoms with Crippen LogP contribution in [0.2, 0.25) is 10.0 Å². The number of ether oxygens (including phenoxy) is 1. The first-order valence-electron chi connectivity index (χ1n) is 8.95. The molecule has 1 atom stereocenters. The normalized spacial score (nSPS) is 12.2. The lowest BCUT2D eigenvalue weighted by Gasteiger charge is -2.18. The molecule has 0 saturated carbocycles. The van der Waals surface area contributed by atoms with Gasteiger partial charge in [-0.3, -0.25) is 0 Å². The zero-order valence-electron chi connectivity index (χ0n) is 15.3. The van der Waals surface area contributed by atoms with Crippen molar-refractivity contribution in [2.45, 2.75) is 6.10 Å². The van der Waals surface area contributed by atoms with Gasteiger partial charge in [-0.1, -0.05) is 52.7 Å². The molecule has 1 N–H and O–H groups in total. The van der Waals surface area contributed by atoms with Crippen LogP contribution in [0.25, 0.3) is 16.7 Å². The smallest absolute Gasteiger partial charge is 0.219 e. The van der Waals surface area contributed by atoms with Gasteiger partial charge in [0.05, 0.1) is 0 Å². The van der Waals surface area contributed by atoms with E-state index in [9.17, 15) is 0 Å². The fourth-order valence-electron chi connectivity index (χ4n) is 3.03.